The molecule has 1 aliphatic carbocycles. The molecule has 1 fully saturated rings. The van der Waals surface area contributed by atoms with Gasteiger partial charge >= 0.3 is 0 Å². The Balaban J connectivity index is 1.58. The number of oxazole rings is 1. The van der Waals surface area contributed by atoms with Crippen LogP contribution in [-0.4, -0.2) is 17.4 Å². The number of hydrogen-bond donors (Lipinski definition) is 1. The highest BCUT2D eigenvalue weighted by Crippen LogP contribution is 2.25. The first kappa shape index (κ1) is 15.8. The lowest BCUT2D eigenvalue weighted by Crippen LogP contribution is -2.31. The molecule has 1 amide bonds. The number of nitrogens with one attached hydrogen (secondary N) is 1. The van der Waals surface area contributed by atoms with E-state index >= 15 is 0 Å². The fraction of sp³-hybridized carbons (Fsp3) is 0.474. The summed E-state index contributed by atoms with van der Waals surface area (Å²) in [5.41, 5.74) is 3.12. The minimum absolute atomic E-state index is 0.197. The molecule has 4 heteroatoms. The molecule has 0 radical (unpaired) electrons. The Morgan fingerprint density at radius 1 is 1.22 bits per heavy atom. The molecule has 1 aromatic heterocycles. The van der Waals surface area contributed by atoms with E-state index in [0.717, 1.165) is 29.9 Å². The zero-order valence-corrected chi connectivity index (χ0v) is 13.9. The van der Waals surface area contributed by atoms with E-state index < -0.39 is 0 Å². The number of aryl methyl sites for hydroxylation is 2. The lowest BCUT2D eigenvalue weighted by molar-refractivity contribution is -0.124. The third kappa shape index (κ3) is 3.81. The quantitative estimate of drug-likeness (QED) is 0.913. The van der Waals surface area contributed by atoms with Crippen molar-refractivity contribution in [2.75, 3.05) is 6.54 Å². The van der Waals surface area contributed by atoms with E-state index in [2.05, 4.69) is 29.4 Å². The van der Waals surface area contributed by atoms with E-state index in [1.807, 2.05) is 19.1 Å². The molecule has 1 aromatic carbocycles. The first-order chi connectivity index (χ1) is 11.1. The predicted molar refractivity (Wildman–Crippen MR) is 90.1 cm³/mol. The normalized spacial score (nSPS) is 15.0. The average molecular weight is 312 g/mol. The van der Waals surface area contributed by atoms with Gasteiger partial charge in [-0.2, -0.15) is 0 Å². The minimum Gasteiger partial charge on any atom is -0.441 e. The average Bonchev–Trinajstić information content (AvgIpc) is 3.18. The van der Waals surface area contributed by atoms with Crippen LogP contribution in [0.1, 0.15) is 42.7 Å². The number of nitrogens with zero attached hydrogens (tertiary/aromatic N) is 1. The van der Waals surface area contributed by atoms with Crippen molar-refractivity contribution in [2.45, 2.75) is 46.0 Å². The highest BCUT2D eigenvalue weighted by atomic mass is 16.4. The SMILES string of the molecule is Cc1ccc(-c2nc(CCNC(=O)C3CCCC3)c(C)o2)cc1. The summed E-state index contributed by atoms with van der Waals surface area (Å²) >= 11 is 0. The van der Waals surface area contributed by atoms with Gasteiger partial charge in [-0.25, -0.2) is 4.98 Å². The molecule has 0 bridgehead atoms. The van der Waals surface area contributed by atoms with E-state index in [-0.39, 0.29) is 11.8 Å². The molecule has 0 saturated heterocycles. The van der Waals surface area contributed by atoms with Crippen LogP contribution in [0, 0.1) is 19.8 Å². The fourth-order valence-corrected chi connectivity index (χ4v) is 3.12. The van der Waals surface area contributed by atoms with Gasteiger partial charge in [-0.05, 0) is 38.8 Å². The van der Waals surface area contributed by atoms with Gasteiger partial charge in [-0.15, -0.1) is 0 Å². The third-order valence-corrected chi connectivity index (χ3v) is 4.58. The van der Waals surface area contributed by atoms with E-state index in [1.165, 1.54) is 18.4 Å². The molecule has 0 aliphatic heterocycles. The van der Waals surface area contributed by atoms with Gasteiger partial charge in [0.05, 0.1) is 5.69 Å². The molecule has 0 unspecified atom stereocenters. The van der Waals surface area contributed by atoms with Gasteiger partial charge in [0.25, 0.3) is 0 Å². The van der Waals surface area contributed by atoms with Gasteiger partial charge in [0.15, 0.2) is 0 Å². The van der Waals surface area contributed by atoms with Gasteiger partial charge < -0.3 is 9.73 Å². The second-order valence-electron chi connectivity index (χ2n) is 6.41. The zero-order valence-electron chi connectivity index (χ0n) is 13.9. The molecule has 4 nitrogen and oxygen atoms in total. The summed E-state index contributed by atoms with van der Waals surface area (Å²) < 4.78 is 5.77. The highest BCUT2D eigenvalue weighted by molar-refractivity contribution is 5.78. The van der Waals surface area contributed by atoms with Crippen LogP contribution in [0.2, 0.25) is 0 Å². The molecule has 1 aliphatic rings. The van der Waals surface area contributed by atoms with Crippen molar-refractivity contribution in [1.82, 2.24) is 10.3 Å². The maximum absolute atomic E-state index is 12.0. The number of hydrogen-bond acceptors (Lipinski definition) is 3. The smallest absolute Gasteiger partial charge is 0.226 e. The monoisotopic (exact) mass is 312 g/mol. The summed E-state index contributed by atoms with van der Waals surface area (Å²) in [6.07, 6.45) is 5.14. The summed E-state index contributed by atoms with van der Waals surface area (Å²) in [6.45, 7) is 4.61. The molecule has 0 spiro atoms. The molecule has 122 valence electrons. The van der Waals surface area contributed by atoms with Crippen molar-refractivity contribution >= 4 is 5.91 Å². The Morgan fingerprint density at radius 2 is 1.91 bits per heavy atom. The van der Waals surface area contributed by atoms with Gasteiger partial charge in [0.2, 0.25) is 11.8 Å². The topological polar surface area (TPSA) is 55.1 Å². The van der Waals surface area contributed by atoms with Crippen LogP contribution in [0.3, 0.4) is 0 Å². The maximum Gasteiger partial charge on any atom is 0.226 e. The van der Waals surface area contributed by atoms with E-state index in [0.29, 0.717) is 18.9 Å². The zero-order chi connectivity index (χ0) is 16.2. The lowest BCUT2D eigenvalue weighted by atomic mass is 10.1. The second kappa shape index (κ2) is 6.99. The van der Waals surface area contributed by atoms with Crippen LogP contribution in [0.4, 0.5) is 0 Å². The molecule has 3 rings (SSSR count). The lowest BCUT2D eigenvalue weighted by Gasteiger charge is -2.09. The second-order valence-corrected chi connectivity index (χ2v) is 6.41. The highest BCUT2D eigenvalue weighted by Gasteiger charge is 2.22. The first-order valence-corrected chi connectivity index (χ1v) is 8.44. The van der Waals surface area contributed by atoms with Crippen molar-refractivity contribution < 1.29 is 9.21 Å². The van der Waals surface area contributed by atoms with Crippen molar-refractivity contribution in [3.05, 3.63) is 41.3 Å². The van der Waals surface area contributed by atoms with Gasteiger partial charge in [-0.3, -0.25) is 4.79 Å². The molecule has 0 atom stereocenters. The Hall–Kier alpha value is -2.10. The molecule has 1 saturated carbocycles. The van der Waals surface area contributed by atoms with Gasteiger partial charge in [0, 0.05) is 24.4 Å². The van der Waals surface area contributed by atoms with Crippen molar-refractivity contribution in [2.24, 2.45) is 5.92 Å². The fourth-order valence-electron chi connectivity index (χ4n) is 3.12. The number of amides is 1. The minimum atomic E-state index is 0.197. The largest absolute Gasteiger partial charge is 0.441 e. The standard InChI is InChI=1S/C19H24N2O2/c1-13-7-9-16(10-8-13)19-21-17(14(2)23-19)11-12-20-18(22)15-5-3-4-6-15/h7-10,15H,3-6,11-12H2,1-2H3,(H,20,22). The number of carbonyl (C=O) groups is 1. The summed E-state index contributed by atoms with van der Waals surface area (Å²) in [5.74, 6) is 1.90. The van der Waals surface area contributed by atoms with Crippen molar-refractivity contribution in [3.63, 3.8) is 0 Å². The molecule has 2 aromatic rings. The molecule has 1 N–H and O–H groups in total. The predicted octanol–water partition coefficient (Wildman–Crippen LogP) is 3.81. The van der Waals surface area contributed by atoms with Crippen LogP contribution in [0.15, 0.2) is 28.7 Å². The van der Waals surface area contributed by atoms with Crippen LogP contribution in [0.5, 0.6) is 0 Å². The Kier molecular flexibility index (Phi) is 4.79. The van der Waals surface area contributed by atoms with Gasteiger partial charge in [-0.1, -0.05) is 30.5 Å². The third-order valence-electron chi connectivity index (χ3n) is 4.58. The molecular weight excluding hydrogens is 288 g/mol. The number of carbonyl (C=O) groups excluding carboxylic acids is 1. The Bertz CT molecular complexity index is 667. The maximum atomic E-state index is 12.0. The number of rotatable bonds is 5. The van der Waals surface area contributed by atoms with Gasteiger partial charge in [0.1, 0.15) is 5.76 Å². The van der Waals surface area contributed by atoms with Crippen LogP contribution < -0.4 is 5.32 Å². The number of aromatic nitrogens is 1. The first-order valence-electron chi connectivity index (χ1n) is 8.44. The van der Waals surface area contributed by atoms with Crippen LogP contribution in [0.25, 0.3) is 11.5 Å². The summed E-state index contributed by atoms with van der Waals surface area (Å²) in [4.78, 5) is 16.6. The van der Waals surface area contributed by atoms with Crippen LogP contribution in [-0.2, 0) is 11.2 Å². The molecule has 1 heterocycles. The Morgan fingerprint density at radius 3 is 2.61 bits per heavy atom. The summed E-state index contributed by atoms with van der Waals surface area (Å²) in [5, 5.41) is 3.04. The van der Waals surface area contributed by atoms with E-state index in [9.17, 15) is 4.79 Å². The molecule has 23 heavy (non-hydrogen) atoms. The van der Waals surface area contributed by atoms with Crippen LogP contribution >= 0.6 is 0 Å². The summed E-state index contributed by atoms with van der Waals surface area (Å²) in [6, 6.07) is 8.14. The van der Waals surface area contributed by atoms with E-state index in [1.54, 1.807) is 0 Å². The van der Waals surface area contributed by atoms with E-state index in [4.69, 9.17) is 4.42 Å². The molecular formula is C19H24N2O2. The Labute approximate surface area is 137 Å². The summed E-state index contributed by atoms with van der Waals surface area (Å²) in [7, 11) is 0. The van der Waals surface area contributed by atoms with Crippen molar-refractivity contribution in [1.29, 1.82) is 0 Å². The number of benzene rings is 1. The van der Waals surface area contributed by atoms with Crippen molar-refractivity contribution in [3.8, 4) is 11.5 Å².